The first kappa shape index (κ1) is 20.8. The van der Waals surface area contributed by atoms with Gasteiger partial charge in [-0.05, 0) is 23.8 Å². The number of rotatable bonds is 4. The van der Waals surface area contributed by atoms with E-state index in [9.17, 15) is 5.26 Å². The Morgan fingerprint density at radius 3 is 2.72 bits per heavy atom. The van der Waals surface area contributed by atoms with E-state index in [-0.39, 0.29) is 29.6 Å². The fourth-order valence-corrected chi connectivity index (χ4v) is 3.64. The second kappa shape index (κ2) is 8.72. The Kier molecular flexibility index (Phi) is 5.67. The number of aromatic nitrogens is 1. The van der Waals surface area contributed by atoms with Gasteiger partial charge in [-0.3, -0.25) is 5.32 Å². The van der Waals surface area contributed by atoms with Crippen molar-refractivity contribution in [1.29, 1.82) is 10.5 Å². The van der Waals surface area contributed by atoms with Crippen molar-refractivity contribution in [2.75, 3.05) is 16.8 Å². The number of anilines is 3. The predicted molar refractivity (Wildman–Crippen MR) is 122 cm³/mol. The number of nitrogen functional groups attached to an aromatic ring is 2. The summed E-state index contributed by atoms with van der Waals surface area (Å²) in [6, 6.07) is 16.0. The number of nitriles is 2. The predicted octanol–water partition coefficient (Wildman–Crippen LogP) is 3.29. The van der Waals surface area contributed by atoms with Gasteiger partial charge in [0, 0.05) is 16.1 Å². The zero-order chi connectivity index (χ0) is 22.7. The van der Waals surface area contributed by atoms with Gasteiger partial charge in [0.2, 0.25) is 5.96 Å². The lowest BCUT2D eigenvalue weighted by Gasteiger charge is -2.27. The van der Waals surface area contributed by atoms with Gasteiger partial charge in [0.05, 0.1) is 5.69 Å². The zero-order valence-electron chi connectivity index (χ0n) is 16.6. The highest BCUT2D eigenvalue weighted by atomic mass is 35.5. The molecule has 1 aromatic heterocycles. The molecule has 0 saturated carbocycles. The summed E-state index contributed by atoms with van der Waals surface area (Å²) in [6.45, 7) is 0.279. The number of hydrogen-bond donors (Lipinski definition) is 4. The number of para-hydroxylation sites is 1. The average molecular weight is 445 g/mol. The fourth-order valence-electron chi connectivity index (χ4n) is 3.43. The van der Waals surface area contributed by atoms with Crippen LogP contribution in [0.15, 0.2) is 53.5 Å². The molecule has 0 saturated heterocycles. The Labute approximate surface area is 188 Å². The second-order valence-corrected chi connectivity index (χ2v) is 7.29. The summed E-state index contributed by atoms with van der Waals surface area (Å²) >= 11 is 6.07. The molecule has 0 amide bonds. The molecular weight excluding hydrogens is 428 g/mol. The highest BCUT2D eigenvalue weighted by Crippen LogP contribution is 2.43. The molecule has 32 heavy (non-hydrogen) atoms. The summed E-state index contributed by atoms with van der Waals surface area (Å²) in [5, 5.41) is 24.5. The first-order valence-corrected chi connectivity index (χ1v) is 9.84. The van der Waals surface area contributed by atoms with Gasteiger partial charge in [-0.2, -0.15) is 10.5 Å². The van der Waals surface area contributed by atoms with Crippen LogP contribution in [0.25, 0.3) is 0 Å². The van der Waals surface area contributed by atoms with E-state index in [0.29, 0.717) is 27.7 Å². The molecule has 1 aliphatic heterocycles. The number of nitrogens with zero attached hydrogens (tertiary/aromatic N) is 4. The van der Waals surface area contributed by atoms with Crippen LogP contribution in [0.2, 0.25) is 5.02 Å². The van der Waals surface area contributed by atoms with Crippen LogP contribution in [0.3, 0.4) is 0 Å². The van der Waals surface area contributed by atoms with Crippen LogP contribution in [0, 0.1) is 22.8 Å². The maximum Gasteiger partial charge on any atom is 0.211 e. The van der Waals surface area contributed by atoms with Crippen LogP contribution in [-0.2, 0) is 6.61 Å². The highest BCUT2D eigenvalue weighted by molar-refractivity contribution is 6.30. The summed E-state index contributed by atoms with van der Waals surface area (Å²) in [4.78, 5) is 8.84. The molecule has 0 fully saturated rings. The first-order valence-electron chi connectivity index (χ1n) is 9.46. The molecule has 1 atom stereocenters. The molecule has 1 aliphatic rings. The van der Waals surface area contributed by atoms with Gasteiger partial charge in [0.15, 0.2) is 6.19 Å². The Balaban J connectivity index is 1.79. The summed E-state index contributed by atoms with van der Waals surface area (Å²) in [7, 11) is 0. The molecule has 10 heteroatoms. The van der Waals surface area contributed by atoms with Gasteiger partial charge in [0.25, 0.3) is 0 Å². The summed E-state index contributed by atoms with van der Waals surface area (Å²) in [5.41, 5.74) is 14.5. The maximum absolute atomic E-state index is 9.48. The third-order valence-corrected chi connectivity index (χ3v) is 5.09. The number of ether oxygens (including phenoxy) is 1. The van der Waals surface area contributed by atoms with Crippen molar-refractivity contribution in [2.24, 2.45) is 4.99 Å². The molecule has 0 bridgehead atoms. The number of halogens is 1. The van der Waals surface area contributed by atoms with Crippen LogP contribution in [0.1, 0.15) is 28.3 Å². The number of benzene rings is 2. The third kappa shape index (κ3) is 3.93. The molecule has 0 spiro atoms. The minimum Gasteiger partial charge on any atom is -0.489 e. The maximum atomic E-state index is 9.48. The SMILES string of the molecule is N#CNC1=NC(c2ccccc2OCc2cccc(Cl)c2)c2c(nc(N)c(C#N)c2N)N1. The topological polar surface area (TPSA) is 158 Å². The van der Waals surface area contributed by atoms with E-state index in [2.05, 4.69) is 20.6 Å². The van der Waals surface area contributed by atoms with Crippen molar-refractivity contribution in [3.8, 4) is 18.0 Å². The standard InChI is InChI=1S/C22H17ClN8O/c23-13-5-3-4-12(8-13)10-32-16-7-2-1-6-14(16)19-17-18(26)15(9-24)20(27)30-21(17)31-22(29-19)28-11-25/h1-8,19H,10H2,(H6,26,27,28,29,30,31). The average Bonchev–Trinajstić information content (AvgIpc) is 2.78. The van der Waals surface area contributed by atoms with Crippen LogP contribution < -0.4 is 26.8 Å². The van der Waals surface area contributed by atoms with Crippen LogP contribution in [-0.4, -0.2) is 10.9 Å². The molecule has 0 radical (unpaired) electrons. The van der Waals surface area contributed by atoms with Gasteiger partial charge in [-0.1, -0.05) is 41.9 Å². The number of guanidine groups is 1. The fraction of sp³-hybridized carbons (Fsp3) is 0.0909. The second-order valence-electron chi connectivity index (χ2n) is 6.86. The summed E-state index contributed by atoms with van der Waals surface area (Å²) in [5.74, 6) is 1.02. The van der Waals surface area contributed by atoms with E-state index in [4.69, 9.17) is 33.1 Å². The molecule has 0 aliphatic carbocycles. The molecular formula is C22H17ClN8O. The van der Waals surface area contributed by atoms with E-state index < -0.39 is 6.04 Å². The van der Waals surface area contributed by atoms with E-state index in [0.717, 1.165) is 5.56 Å². The van der Waals surface area contributed by atoms with Crippen molar-refractivity contribution in [1.82, 2.24) is 10.3 Å². The van der Waals surface area contributed by atoms with Gasteiger partial charge < -0.3 is 21.5 Å². The smallest absolute Gasteiger partial charge is 0.211 e. The third-order valence-electron chi connectivity index (χ3n) is 4.85. The van der Waals surface area contributed by atoms with Crippen LogP contribution in [0.4, 0.5) is 17.3 Å². The van der Waals surface area contributed by atoms with Gasteiger partial charge in [-0.25, -0.2) is 9.98 Å². The molecule has 158 valence electrons. The van der Waals surface area contributed by atoms with Crippen molar-refractivity contribution < 1.29 is 4.74 Å². The van der Waals surface area contributed by atoms with Crippen LogP contribution in [0.5, 0.6) is 5.75 Å². The molecule has 6 N–H and O–H groups in total. The largest absolute Gasteiger partial charge is 0.489 e. The molecule has 4 rings (SSSR count). The van der Waals surface area contributed by atoms with Crippen molar-refractivity contribution in [2.45, 2.75) is 12.6 Å². The lowest BCUT2D eigenvalue weighted by atomic mass is 9.94. The number of fused-ring (bicyclic) bond motifs is 1. The molecule has 2 aromatic carbocycles. The number of nitrogens with one attached hydrogen (secondary N) is 2. The molecule has 2 heterocycles. The van der Waals surface area contributed by atoms with E-state index >= 15 is 0 Å². The molecule has 9 nitrogen and oxygen atoms in total. The van der Waals surface area contributed by atoms with Crippen molar-refractivity contribution >= 4 is 34.9 Å². The minimum atomic E-state index is -0.696. The van der Waals surface area contributed by atoms with Gasteiger partial charge in [-0.15, -0.1) is 0 Å². The van der Waals surface area contributed by atoms with Crippen molar-refractivity contribution in [3.63, 3.8) is 0 Å². The monoisotopic (exact) mass is 444 g/mol. The van der Waals surface area contributed by atoms with E-state index in [1.807, 2.05) is 48.7 Å². The number of nitrogens with two attached hydrogens (primary N) is 2. The van der Waals surface area contributed by atoms with Gasteiger partial charge >= 0.3 is 0 Å². The lowest BCUT2D eigenvalue weighted by molar-refractivity contribution is 0.302. The minimum absolute atomic E-state index is 0.0151. The Bertz CT molecular complexity index is 1310. The Morgan fingerprint density at radius 1 is 1.16 bits per heavy atom. The van der Waals surface area contributed by atoms with Gasteiger partial charge in [0.1, 0.15) is 41.7 Å². The quantitative estimate of drug-likeness (QED) is 0.352. The van der Waals surface area contributed by atoms with E-state index in [1.54, 1.807) is 12.1 Å². The Morgan fingerprint density at radius 2 is 1.97 bits per heavy atom. The van der Waals surface area contributed by atoms with Crippen LogP contribution >= 0.6 is 11.6 Å². The normalized spacial score (nSPS) is 14.2. The molecule has 1 unspecified atom stereocenters. The lowest BCUT2D eigenvalue weighted by Crippen LogP contribution is -2.32. The summed E-state index contributed by atoms with van der Waals surface area (Å²) < 4.78 is 6.08. The van der Waals surface area contributed by atoms with Crippen molar-refractivity contribution in [3.05, 3.63) is 75.8 Å². The number of aliphatic imine (C=N–C) groups is 1. The highest BCUT2D eigenvalue weighted by Gasteiger charge is 2.31. The number of hydrogen-bond acceptors (Lipinski definition) is 9. The molecule has 3 aromatic rings. The summed E-state index contributed by atoms with van der Waals surface area (Å²) in [6.07, 6.45) is 1.83. The first-order chi connectivity index (χ1) is 15.5. The Hall–Kier alpha value is -4.47. The van der Waals surface area contributed by atoms with E-state index in [1.165, 1.54) is 0 Å². The zero-order valence-corrected chi connectivity index (χ0v) is 17.4. The number of pyridine rings is 1.